The summed E-state index contributed by atoms with van der Waals surface area (Å²) in [4.78, 5) is 4.95. The van der Waals surface area contributed by atoms with Crippen LogP contribution in [0.15, 0.2) is 142 Å². The molecule has 2 aromatic heterocycles. The number of para-hydroxylation sites is 2. The van der Waals surface area contributed by atoms with Crippen molar-refractivity contribution in [3.63, 3.8) is 0 Å². The van der Waals surface area contributed by atoms with Crippen molar-refractivity contribution in [2.24, 2.45) is 0 Å². The largest absolute Gasteiger partial charge is 0.456 e. The zero-order chi connectivity index (χ0) is 52.4. The molecule has 0 aliphatic heterocycles. The number of benzene rings is 9. The van der Waals surface area contributed by atoms with Crippen LogP contribution in [0, 0.1) is 41.5 Å². The maximum Gasteiger partial charge on any atom is 0.140 e. The first-order valence-corrected chi connectivity index (χ1v) is 26.8. The first-order chi connectivity index (χ1) is 35.1. The minimum absolute atomic E-state index is 0.286. The molecule has 11 rings (SSSR count). The topological polar surface area (TPSA) is 32.8 Å². The molecule has 0 amide bonds. The SMILES string of the molecule is Cc1ccc(C(C)C)cc1N(c1ccc2cc3c(cc2c1)oc1c(C(C)(C)C)c2c(oc4cc5cc(N(c6cc(C(C)C)ccc6C)c6c(C)cccc6C)ccc5cc42)c(C(C)(C)C)c13)c1c(C)cccc1C. The summed E-state index contributed by atoms with van der Waals surface area (Å²) in [6.07, 6.45) is 0. The van der Waals surface area contributed by atoms with Crippen molar-refractivity contribution in [3.8, 4) is 0 Å². The molecule has 0 N–H and O–H groups in total. The number of fused-ring (bicyclic) bond motifs is 8. The second kappa shape index (κ2) is 17.7. The average Bonchev–Trinajstić information content (AvgIpc) is 3.87. The number of nitrogens with zero attached hydrogens (tertiary/aromatic N) is 2. The quantitative estimate of drug-likeness (QED) is 0.152. The van der Waals surface area contributed by atoms with Crippen LogP contribution in [-0.4, -0.2) is 0 Å². The second-order valence-electron chi connectivity index (χ2n) is 24.2. The van der Waals surface area contributed by atoms with Crippen LogP contribution in [0.3, 0.4) is 0 Å². The van der Waals surface area contributed by atoms with Gasteiger partial charge in [0.15, 0.2) is 0 Å². The first kappa shape index (κ1) is 48.9. The molecule has 0 radical (unpaired) electrons. The molecular formula is C70H72N2O2. The van der Waals surface area contributed by atoms with Gasteiger partial charge in [-0.05, 0) is 191 Å². The van der Waals surface area contributed by atoms with Gasteiger partial charge in [0.25, 0.3) is 0 Å². The molecule has 2 heterocycles. The lowest BCUT2D eigenvalue weighted by Gasteiger charge is -2.31. The molecule has 4 nitrogen and oxygen atoms in total. The van der Waals surface area contributed by atoms with E-state index in [2.05, 4.69) is 254 Å². The Morgan fingerprint density at radius 2 is 0.743 bits per heavy atom. The van der Waals surface area contributed by atoms with Gasteiger partial charge in [-0.1, -0.05) is 142 Å². The Labute approximate surface area is 438 Å². The predicted octanol–water partition coefficient (Wildman–Crippen LogP) is 21.4. The summed E-state index contributed by atoms with van der Waals surface area (Å²) in [5.41, 5.74) is 22.6. The number of hydrogen-bond acceptors (Lipinski definition) is 4. The van der Waals surface area contributed by atoms with E-state index in [1.54, 1.807) is 0 Å². The van der Waals surface area contributed by atoms with Crippen LogP contribution in [0.1, 0.15) is 137 Å². The third kappa shape index (κ3) is 8.04. The monoisotopic (exact) mass is 973 g/mol. The van der Waals surface area contributed by atoms with E-state index in [-0.39, 0.29) is 10.8 Å². The van der Waals surface area contributed by atoms with Gasteiger partial charge in [0, 0.05) is 55.4 Å². The molecule has 0 bridgehead atoms. The van der Waals surface area contributed by atoms with Gasteiger partial charge in [0.2, 0.25) is 0 Å². The fourth-order valence-electron chi connectivity index (χ4n) is 12.0. The molecule has 0 unspecified atom stereocenters. The molecule has 9 aromatic carbocycles. The lowest BCUT2D eigenvalue weighted by Crippen LogP contribution is -2.16. The highest BCUT2D eigenvalue weighted by atomic mass is 16.3. The molecule has 0 saturated heterocycles. The molecule has 374 valence electrons. The summed E-state index contributed by atoms with van der Waals surface area (Å²) < 4.78 is 14.7. The normalized spacial score (nSPS) is 12.6. The Hall–Kier alpha value is -7.30. The van der Waals surface area contributed by atoms with Crippen LogP contribution in [-0.2, 0) is 10.8 Å². The fourth-order valence-corrected chi connectivity index (χ4v) is 12.0. The van der Waals surface area contributed by atoms with Crippen LogP contribution >= 0.6 is 0 Å². The Morgan fingerprint density at radius 3 is 1.08 bits per heavy atom. The molecule has 0 fully saturated rings. The van der Waals surface area contributed by atoms with E-state index in [0.29, 0.717) is 11.8 Å². The summed E-state index contributed by atoms with van der Waals surface area (Å²) >= 11 is 0. The van der Waals surface area contributed by atoms with E-state index >= 15 is 0 Å². The van der Waals surface area contributed by atoms with Gasteiger partial charge in [-0.15, -0.1) is 0 Å². The van der Waals surface area contributed by atoms with Crippen LogP contribution < -0.4 is 9.80 Å². The van der Waals surface area contributed by atoms with E-state index in [4.69, 9.17) is 8.83 Å². The van der Waals surface area contributed by atoms with Crippen molar-refractivity contribution in [1.29, 1.82) is 0 Å². The van der Waals surface area contributed by atoms with E-state index < -0.39 is 0 Å². The van der Waals surface area contributed by atoms with E-state index in [9.17, 15) is 0 Å². The molecule has 11 aromatic rings. The summed E-state index contributed by atoms with van der Waals surface area (Å²) in [5, 5.41) is 9.12. The number of furan rings is 2. The maximum absolute atomic E-state index is 7.35. The third-order valence-corrected chi connectivity index (χ3v) is 15.8. The highest BCUT2D eigenvalue weighted by Gasteiger charge is 2.35. The summed E-state index contributed by atoms with van der Waals surface area (Å²) in [6, 6.07) is 50.3. The first-order valence-electron chi connectivity index (χ1n) is 26.8. The van der Waals surface area contributed by atoms with Crippen LogP contribution in [0.2, 0.25) is 0 Å². The lowest BCUT2D eigenvalue weighted by molar-refractivity contribution is 0.564. The number of rotatable bonds is 8. The summed E-state index contributed by atoms with van der Waals surface area (Å²) in [5.74, 6) is 0.814. The van der Waals surface area contributed by atoms with Crippen LogP contribution in [0.4, 0.5) is 34.1 Å². The minimum atomic E-state index is -0.286. The molecule has 74 heavy (non-hydrogen) atoms. The fraction of sp³-hybridized carbons (Fsp3) is 0.286. The lowest BCUT2D eigenvalue weighted by atomic mass is 9.77. The number of anilines is 6. The van der Waals surface area contributed by atoms with Crippen molar-refractivity contribution in [3.05, 3.63) is 189 Å². The standard InChI is InChI=1S/C70H72N2O2/c1-39(2)47-25-23-41(5)57(35-47)71(65-43(7)19-17-20-44(65)8)53-29-27-49-33-55-59(37-51(49)31-53)73-67-61(55)63(69(11,12)13)68-62(64(67)70(14,15)16)56-34-50-28-30-54(32-52(50)38-60(56)74-68)72(66-45(9)21-18-22-46(66)10)58-36-48(40(3)4)26-24-42(58)6/h17-40H,1-16H3. The highest BCUT2D eigenvalue weighted by molar-refractivity contribution is 6.23. The summed E-state index contributed by atoms with van der Waals surface area (Å²) in [7, 11) is 0. The molecule has 4 heteroatoms. The molecule has 0 aliphatic rings. The maximum atomic E-state index is 7.35. The molecule has 0 spiro atoms. The van der Waals surface area contributed by atoms with Gasteiger partial charge in [0.05, 0.1) is 11.4 Å². The van der Waals surface area contributed by atoms with Crippen molar-refractivity contribution < 1.29 is 8.83 Å². The second-order valence-corrected chi connectivity index (χ2v) is 24.2. The average molecular weight is 973 g/mol. The highest BCUT2D eigenvalue weighted by Crippen LogP contribution is 2.52. The predicted molar refractivity (Wildman–Crippen MR) is 319 cm³/mol. The summed E-state index contributed by atoms with van der Waals surface area (Å²) in [6.45, 7) is 36.4. The smallest absolute Gasteiger partial charge is 0.140 e. The van der Waals surface area contributed by atoms with Crippen molar-refractivity contribution in [2.45, 2.75) is 133 Å². The van der Waals surface area contributed by atoms with Crippen molar-refractivity contribution >= 4 is 99.5 Å². The van der Waals surface area contributed by atoms with E-state index in [1.807, 2.05) is 0 Å². The molecular weight excluding hydrogens is 901 g/mol. The Morgan fingerprint density at radius 1 is 0.378 bits per heavy atom. The third-order valence-electron chi connectivity index (χ3n) is 15.8. The van der Waals surface area contributed by atoms with Crippen molar-refractivity contribution in [1.82, 2.24) is 0 Å². The minimum Gasteiger partial charge on any atom is -0.456 e. The Kier molecular flexibility index (Phi) is 11.7. The number of hydrogen-bond donors (Lipinski definition) is 0. The Bertz CT molecular complexity index is 3760. The van der Waals surface area contributed by atoms with Crippen molar-refractivity contribution in [2.75, 3.05) is 9.80 Å². The zero-order valence-corrected chi connectivity index (χ0v) is 46.6. The van der Waals surface area contributed by atoms with Gasteiger partial charge in [0.1, 0.15) is 22.3 Å². The number of aryl methyl sites for hydroxylation is 6. The Balaban J connectivity index is 1.14. The zero-order valence-electron chi connectivity index (χ0n) is 46.6. The molecule has 0 aliphatic carbocycles. The van der Waals surface area contributed by atoms with Gasteiger partial charge < -0.3 is 18.6 Å². The van der Waals surface area contributed by atoms with Crippen LogP contribution in [0.25, 0.3) is 65.4 Å². The molecule has 0 atom stereocenters. The van der Waals surface area contributed by atoms with E-state index in [0.717, 1.165) is 66.0 Å². The van der Waals surface area contributed by atoms with E-state index in [1.165, 1.54) is 89.2 Å². The van der Waals surface area contributed by atoms with Gasteiger partial charge in [-0.25, -0.2) is 0 Å². The van der Waals surface area contributed by atoms with Gasteiger partial charge in [-0.2, -0.15) is 0 Å². The van der Waals surface area contributed by atoms with Gasteiger partial charge >= 0.3 is 0 Å². The van der Waals surface area contributed by atoms with Gasteiger partial charge in [-0.3, -0.25) is 0 Å². The molecule has 0 saturated carbocycles. The van der Waals surface area contributed by atoms with Crippen LogP contribution in [0.5, 0.6) is 0 Å².